The summed E-state index contributed by atoms with van der Waals surface area (Å²) in [6.07, 6.45) is 5.84. The van der Waals surface area contributed by atoms with E-state index in [1.54, 1.807) is 0 Å². The summed E-state index contributed by atoms with van der Waals surface area (Å²) < 4.78 is 37.2. The number of halogens is 2. The summed E-state index contributed by atoms with van der Waals surface area (Å²) in [5.41, 5.74) is 2.63. The molecule has 4 aliphatic rings. The van der Waals surface area contributed by atoms with Crippen molar-refractivity contribution in [3.63, 3.8) is 0 Å². The molecule has 4 aliphatic heterocycles. The van der Waals surface area contributed by atoms with Crippen LogP contribution in [0.1, 0.15) is 50.5 Å². The molecule has 41 heavy (non-hydrogen) atoms. The highest BCUT2D eigenvalue weighted by molar-refractivity contribution is 5.93. The summed E-state index contributed by atoms with van der Waals surface area (Å²) >= 11 is 0. The Morgan fingerprint density at radius 3 is 2.80 bits per heavy atom. The van der Waals surface area contributed by atoms with Crippen molar-refractivity contribution in [1.82, 2.24) is 14.9 Å². The van der Waals surface area contributed by atoms with Gasteiger partial charge < -0.3 is 14.5 Å². The molecule has 3 saturated heterocycles. The summed E-state index contributed by atoms with van der Waals surface area (Å²) in [6.45, 7) is 3.72. The molecule has 5 heterocycles. The molecule has 7 nitrogen and oxygen atoms in total. The third kappa shape index (κ3) is 4.76. The zero-order valence-corrected chi connectivity index (χ0v) is 23.4. The zero-order chi connectivity index (χ0) is 28.0. The van der Waals surface area contributed by atoms with Gasteiger partial charge in [0.25, 0.3) is 0 Å². The largest absolute Gasteiger partial charge is 0.461 e. The van der Waals surface area contributed by atoms with Crippen molar-refractivity contribution < 1.29 is 13.5 Å². The van der Waals surface area contributed by atoms with Gasteiger partial charge in [0.1, 0.15) is 24.1 Å². The molecule has 0 bridgehead atoms. The summed E-state index contributed by atoms with van der Waals surface area (Å²) in [7, 11) is 0. The van der Waals surface area contributed by atoms with Crippen LogP contribution in [0.5, 0.6) is 6.01 Å². The van der Waals surface area contributed by atoms with Crippen molar-refractivity contribution in [2.24, 2.45) is 5.92 Å². The summed E-state index contributed by atoms with van der Waals surface area (Å²) in [4.78, 5) is 15.9. The van der Waals surface area contributed by atoms with Crippen molar-refractivity contribution in [3.05, 3.63) is 47.8 Å². The molecule has 0 N–H and O–H groups in total. The van der Waals surface area contributed by atoms with Crippen LogP contribution in [0.3, 0.4) is 0 Å². The molecule has 9 heteroatoms. The second-order valence-electron chi connectivity index (χ2n) is 12.1. The van der Waals surface area contributed by atoms with Crippen LogP contribution in [0.25, 0.3) is 10.9 Å². The van der Waals surface area contributed by atoms with Crippen LogP contribution < -0.4 is 14.5 Å². The first-order valence-electron chi connectivity index (χ1n) is 15.1. The summed E-state index contributed by atoms with van der Waals surface area (Å²) in [5, 5.41) is 10.2. The highest BCUT2D eigenvalue weighted by Crippen LogP contribution is 2.42. The number of rotatable bonds is 5. The molecule has 0 amide bonds. The molecule has 3 aromatic rings. The highest BCUT2D eigenvalue weighted by atomic mass is 19.1. The second-order valence-corrected chi connectivity index (χ2v) is 12.1. The molecular weight excluding hydrogens is 522 g/mol. The fourth-order valence-corrected chi connectivity index (χ4v) is 7.50. The number of benzene rings is 2. The van der Waals surface area contributed by atoms with E-state index < -0.39 is 6.17 Å². The Balaban J connectivity index is 1.29. The van der Waals surface area contributed by atoms with Crippen molar-refractivity contribution in [2.75, 3.05) is 49.1 Å². The minimum Gasteiger partial charge on any atom is -0.461 e. The van der Waals surface area contributed by atoms with E-state index in [0.29, 0.717) is 36.4 Å². The number of anilines is 3. The van der Waals surface area contributed by atoms with Crippen LogP contribution in [-0.4, -0.2) is 65.9 Å². The first-order chi connectivity index (χ1) is 20.0. The van der Waals surface area contributed by atoms with E-state index in [0.717, 1.165) is 70.3 Å². The van der Waals surface area contributed by atoms with Crippen LogP contribution in [0.2, 0.25) is 0 Å². The SMILES string of the molecule is N#CC1CCCN(c2nc(OC[C@@]34CCCN3C[C@H](F)C4)nc3c(F)c(N4CCCc5ccccc54)ccc23)CC1. The standard InChI is InChI=1S/C32H36F2N6O/c33-24-18-32(13-5-15-39(32)20-24)21-41-31-36-29-25(30(37-31)38-14-3-6-22(19-35)12-17-38)10-11-27(28(29)34)40-16-4-8-23-7-1-2-9-26(23)40/h1-2,7,9-11,22,24H,3-6,8,12-18,20-21H2/t22?,24-,32+/m1/s1. The summed E-state index contributed by atoms with van der Waals surface area (Å²) in [6, 6.07) is 14.5. The van der Waals surface area contributed by atoms with Gasteiger partial charge in [-0.1, -0.05) is 18.2 Å². The fraction of sp³-hybridized carbons (Fsp3) is 0.531. The van der Waals surface area contributed by atoms with Crippen LogP contribution in [-0.2, 0) is 6.42 Å². The van der Waals surface area contributed by atoms with Crippen molar-refractivity contribution in [1.29, 1.82) is 5.26 Å². The molecule has 0 spiro atoms. The van der Waals surface area contributed by atoms with Gasteiger partial charge in [-0.15, -0.1) is 0 Å². The molecule has 214 valence electrons. The topological polar surface area (TPSA) is 68.5 Å². The quantitative estimate of drug-likeness (QED) is 0.384. The van der Waals surface area contributed by atoms with Crippen molar-refractivity contribution >= 4 is 28.1 Å². The predicted molar refractivity (Wildman–Crippen MR) is 155 cm³/mol. The molecule has 0 radical (unpaired) electrons. The molecule has 0 aliphatic carbocycles. The summed E-state index contributed by atoms with van der Waals surface area (Å²) in [5.74, 6) is 0.265. The molecule has 7 rings (SSSR count). The number of aromatic nitrogens is 2. The van der Waals surface area contributed by atoms with E-state index in [4.69, 9.17) is 9.72 Å². The minimum absolute atomic E-state index is 0.00907. The highest BCUT2D eigenvalue weighted by Gasteiger charge is 2.49. The Morgan fingerprint density at radius 1 is 1.00 bits per heavy atom. The average molecular weight is 559 g/mol. The van der Waals surface area contributed by atoms with Gasteiger partial charge in [-0.05, 0) is 75.3 Å². The Morgan fingerprint density at radius 2 is 1.90 bits per heavy atom. The van der Waals surface area contributed by atoms with Crippen molar-refractivity contribution in [3.8, 4) is 12.1 Å². The number of hydrogen-bond donors (Lipinski definition) is 0. The molecular formula is C32H36F2N6O. The third-order valence-corrected chi connectivity index (χ3v) is 9.59. The number of nitriles is 1. The number of alkyl halides is 1. The van der Waals surface area contributed by atoms with Gasteiger partial charge in [0, 0.05) is 49.6 Å². The number of aryl methyl sites for hydroxylation is 1. The van der Waals surface area contributed by atoms with E-state index in [1.807, 2.05) is 30.3 Å². The predicted octanol–water partition coefficient (Wildman–Crippen LogP) is 5.94. The molecule has 3 atom stereocenters. The van der Waals surface area contributed by atoms with E-state index in [1.165, 1.54) is 5.56 Å². The Bertz CT molecular complexity index is 1490. The Hall–Kier alpha value is -3.51. The third-order valence-electron chi connectivity index (χ3n) is 9.59. The van der Waals surface area contributed by atoms with Gasteiger partial charge in [-0.2, -0.15) is 15.2 Å². The maximum atomic E-state index is 16.6. The van der Waals surface area contributed by atoms with Gasteiger partial charge in [0.05, 0.1) is 17.3 Å². The van der Waals surface area contributed by atoms with Crippen LogP contribution in [0.4, 0.5) is 26.0 Å². The van der Waals surface area contributed by atoms with Gasteiger partial charge in [-0.25, -0.2) is 8.78 Å². The lowest BCUT2D eigenvalue weighted by molar-refractivity contribution is 0.107. The Labute approximate surface area is 239 Å². The van der Waals surface area contributed by atoms with E-state index in [-0.39, 0.29) is 35.4 Å². The molecule has 1 aromatic heterocycles. The molecule has 0 saturated carbocycles. The lowest BCUT2D eigenvalue weighted by Gasteiger charge is -2.32. The lowest BCUT2D eigenvalue weighted by Crippen LogP contribution is -2.43. The van der Waals surface area contributed by atoms with Crippen molar-refractivity contribution in [2.45, 2.75) is 63.1 Å². The van der Waals surface area contributed by atoms with Gasteiger partial charge >= 0.3 is 6.01 Å². The van der Waals surface area contributed by atoms with E-state index >= 15 is 4.39 Å². The van der Waals surface area contributed by atoms with Crippen LogP contribution >= 0.6 is 0 Å². The van der Waals surface area contributed by atoms with Crippen LogP contribution in [0.15, 0.2) is 36.4 Å². The number of nitrogens with zero attached hydrogens (tertiary/aromatic N) is 6. The average Bonchev–Trinajstić information content (AvgIpc) is 3.40. The molecule has 1 unspecified atom stereocenters. The van der Waals surface area contributed by atoms with Gasteiger partial charge in [0.15, 0.2) is 5.82 Å². The maximum Gasteiger partial charge on any atom is 0.319 e. The van der Waals surface area contributed by atoms with Crippen LogP contribution in [0, 0.1) is 23.1 Å². The fourth-order valence-electron chi connectivity index (χ4n) is 7.50. The zero-order valence-electron chi connectivity index (χ0n) is 23.4. The molecule has 3 fully saturated rings. The Kier molecular flexibility index (Phi) is 6.90. The number of ether oxygens (including phenoxy) is 1. The first kappa shape index (κ1) is 26.4. The van der Waals surface area contributed by atoms with Gasteiger partial charge in [-0.3, -0.25) is 4.90 Å². The number of para-hydroxylation sites is 1. The van der Waals surface area contributed by atoms with Gasteiger partial charge in [0.2, 0.25) is 0 Å². The lowest BCUT2D eigenvalue weighted by atomic mass is 9.95. The number of hydrogen-bond acceptors (Lipinski definition) is 7. The first-order valence-corrected chi connectivity index (χ1v) is 15.1. The number of fused-ring (bicyclic) bond motifs is 3. The monoisotopic (exact) mass is 558 g/mol. The smallest absolute Gasteiger partial charge is 0.319 e. The normalized spacial score (nSPS) is 26.5. The second kappa shape index (κ2) is 10.7. The molecule has 2 aromatic carbocycles. The maximum absolute atomic E-state index is 16.6. The minimum atomic E-state index is -0.857. The van der Waals surface area contributed by atoms with E-state index in [9.17, 15) is 9.65 Å². The van der Waals surface area contributed by atoms with E-state index in [2.05, 4.69) is 31.8 Å².